The zero-order chi connectivity index (χ0) is 24.5. The first-order chi connectivity index (χ1) is 16.1. The number of ether oxygens (including phenoxy) is 1. The average molecular weight is 497 g/mol. The molecule has 1 aromatic carbocycles. The lowest BCUT2D eigenvalue weighted by Gasteiger charge is -2.32. The summed E-state index contributed by atoms with van der Waals surface area (Å²) in [7, 11) is 0. The van der Waals surface area contributed by atoms with E-state index in [1.165, 1.54) is 5.01 Å². The summed E-state index contributed by atoms with van der Waals surface area (Å²) < 4.78 is 43.3. The van der Waals surface area contributed by atoms with Crippen LogP contribution in [-0.4, -0.2) is 69.9 Å². The normalized spacial score (nSPS) is 19.7. The topological polar surface area (TPSA) is 100 Å². The Bertz CT molecular complexity index is 1090. The number of urea groups is 1. The van der Waals surface area contributed by atoms with Gasteiger partial charge in [-0.2, -0.15) is 18.3 Å². The number of nitrogens with zero attached hydrogens (tertiary/aromatic N) is 5. The molecule has 1 fully saturated rings. The number of hydrogen-bond donors (Lipinski definition) is 1. The minimum absolute atomic E-state index is 0.0540. The van der Waals surface area contributed by atoms with Crippen molar-refractivity contribution in [1.82, 2.24) is 25.2 Å². The molecule has 13 heteroatoms. The van der Waals surface area contributed by atoms with Crippen LogP contribution >= 0.6 is 11.6 Å². The van der Waals surface area contributed by atoms with Crippen molar-refractivity contribution in [3.8, 4) is 0 Å². The lowest BCUT2D eigenvalue weighted by atomic mass is 10.0. The first kappa shape index (κ1) is 23.9. The Labute approximate surface area is 197 Å². The van der Waals surface area contributed by atoms with Gasteiger partial charge in [0.1, 0.15) is 6.61 Å². The van der Waals surface area contributed by atoms with Gasteiger partial charge in [-0.1, -0.05) is 23.7 Å². The third-order valence-corrected chi connectivity index (χ3v) is 5.68. The van der Waals surface area contributed by atoms with Crippen molar-refractivity contribution in [2.24, 2.45) is 5.10 Å². The second-order valence-corrected chi connectivity index (χ2v) is 8.18. The SMILES string of the molecule is C[C@@H](NC(=O)N1CC(N2CCOCC2=O)C(c2ccc(Cl)cc2)=N1)c1cnc(C(F)(F)F)nc1. The Morgan fingerprint density at radius 2 is 1.91 bits per heavy atom. The fraction of sp³-hybridized carbons (Fsp3) is 0.381. The van der Waals surface area contributed by atoms with Crippen molar-refractivity contribution in [1.29, 1.82) is 0 Å². The van der Waals surface area contributed by atoms with Gasteiger partial charge in [0, 0.05) is 35.1 Å². The van der Waals surface area contributed by atoms with Crippen molar-refractivity contribution in [3.05, 3.63) is 58.6 Å². The summed E-state index contributed by atoms with van der Waals surface area (Å²) in [6.45, 7) is 2.36. The molecule has 9 nitrogen and oxygen atoms in total. The van der Waals surface area contributed by atoms with Crippen LogP contribution < -0.4 is 5.32 Å². The fourth-order valence-corrected chi connectivity index (χ4v) is 3.77. The quantitative estimate of drug-likeness (QED) is 0.701. The van der Waals surface area contributed by atoms with E-state index < -0.39 is 30.1 Å². The van der Waals surface area contributed by atoms with Gasteiger partial charge in [-0.05, 0) is 19.1 Å². The van der Waals surface area contributed by atoms with Crippen molar-refractivity contribution in [2.45, 2.75) is 25.2 Å². The molecule has 180 valence electrons. The minimum Gasteiger partial charge on any atom is -0.370 e. The molecule has 2 aliphatic heterocycles. The van der Waals surface area contributed by atoms with Crippen molar-refractivity contribution >= 4 is 29.3 Å². The van der Waals surface area contributed by atoms with Gasteiger partial charge in [-0.3, -0.25) is 4.79 Å². The summed E-state index contributed by atoms with van der Waals surface area (Å²) in [5.74, 6) is -1.47. The molecule has 2 aromatic rings. The number of alkyl halides is 3. The highest BCUT2D eigenvalue weighted by atomic mass is 35.5. The average Bonchev–Trinajstić information content (AvgIpc) is 3.25. The molecule has 0 aliphatic carbocycles. The van der Waals surface area contributed by atoms with E-state index in [1.807, 2.05) is 0 Å². The van der Waals surface area contributed by atoms with Crippen LogP contribution in [-0.2, 0) is 15.7 Å². The number of carbonyl (C=O) groups is 2. The number of amides is 3. The monoisotopic (exact) mass is 496 g/mol. The molecular weight excluding hydrogens is 477 g/mol. The van der Waals surface area contributed by atoms with Gasteiger partial charge < -0.3 is 15.0 Å². The number of halogens is 4. The Morgan fingerprint density at radius 3 is 2.53 bits per heavy atom. The summed E-state index contributed by atoms with van der Waals surface area (Å²) in [6, 6.07) is 5.12. The molecule has 0 bridgehead atoms. The molecular formula is C21H20ClF3N6O3. The molecule has 34 heavy (non-hydrogen) atoms. The first-order valence-corrected chi connectivity index (χ1v) is 10.7. The number of aromatic nitrogens is 2. The number of nitrogens with one attached hydrogen (secondary N) is 1. The molecule has 1 unspecified atom stereocenters. The molecule has 0 spiro atoms. The Morgan fingerprint density at radius 1 is 1.24 bits per heavy atom. The van der Waals surface area contributed by atoms with E-state index in [1.54, 1.807) is 36.1 Å². The summed E-state index contributed by atoms with van der Waals surface area (Å²) in [5, 5.41) is 8.86. The van der Waals surface area contributed by atoms with E-state index in [4.69, 9.17) is 16.3 Å². The summed E-state index contributed by atoms with van der Waals surface area (Å²) in [6.07, 6.45) is -2.62. The number of carbonyl (C=O) groups excluding carboxylic acids is 2. The van der Waals surface area contributed by atoms with Crippen molar-refractivity contribution < 1.29 is 27.5 Å². The second kappa shape index (κ2) is 9.55. The fourth-order valence-electron chi connectivity index (χ4n) is 3.64. The molecule has 1 aromatic heterocycles. The van der Waals surface area contributed by atoms with E-state index in [0.29, 0.717) is 35.0 Å². The van der Waals surface area contributed by atoms with Crippen LogP contribution in [0.15, 0.2) is 41.8 Å². The van der Waals surface area contributed by atoms with Crippen LogP contribution in [0.5, 0.6) is 0 Å². The molecule has 3 heterocycles. The van der Waals surface area contributed by atoms with E-state index >= 15 is 0 Å². The van der Waals surface area contributed by atoms with Gasteiger partial charge in [0.05, 0.1) is 30.9 Å². The molecule has 0 radical (unpaired) electrons. The third-order valence-electron chi connectivity index (χ3n) is 5.43. The van der Waals surface area contributed by atoms with E-state index in [-0.39, 0.29) is 19.1 Å². The standard InChI is InChI=1S/C21H20ClF3N6O3/c1-12(14-8-26-19(27-9-14)21(23,24)25)28-20(33)31-10-16(30-6-7-34-11-17(30)32)18(29-31)13-2-4-15(22)5-3-13/h2-5,8-9,12,16H,6-7,10-11H2,1H3,(H,28,33)/t12-,16?/m1/s1. The highest BCUT2D eigenvalue weighted by molar-refractivity contribution is 6.30. The minimum atomic E-state index is -4.65. The van der Waals surface area contributed by atoms with Crippen LogP contribution in [0, 0.1) is 0 Å². The maximum absolute atomic E-state index is 12.9. The predicted molar refractivity (Wildman–Crippen MR) is 115 cm³/mol. The van der Waals surface area contributed by atoms with E-state index in [9.17, 15) is 22.8 Å². The highest BCUT2D eigenvalue weighted by Crippen LogP contribution is 2.26. The van der Waals surface area contributed by atoms with Gasteiger partial charge in [-0.25, -0.2) is 19.8 Å². The lowest BCUT2D eigenvalue weighted by Crippen LogP contribution is -2.52. The number of rotatable bonds is 4. The van der Waals surface area contributed by atoms with Gasteiger partial charge >= 0.3 is 12.2 Å². The second-order valence-electron chi connectivity index (χ2n) is 7.74. The predicted octanol–water partition coefficient (Wildman–Crippen LogP) is 2.87. The number of hydrazone groups is 1. The summed E-state index contributed by atoms with van der Waals surface area (Å²) in [4.78, 5) is 33.7. The number of benzene rings is 1. The van der Waals surface area contributed by atoms with Crippen LogP contribution in [0.4, 0.5) is 18.0 Å². The summed E-state index contributed by atoms with van der Waals surface area (Å²) >= 11 is 5.99. The van der Waals surface area contributed by atoms with Gasteiger partial charge in [0.2, 0.25) is 11.7 Å². The van der Waals surface area contributed by atoms with E-state index in [0.717, 1.165) is 12.4 Å². The Kier molecular flexibility index (Phi) is 6.71. The van der Waals surface area contributed by atoms with Crippen molar-refractivity contribution in [3.63, 3.8) is 0 Å². The molecule has 1 saturated heterocycles. The van der Waals surface area contributed by atoms with E-state index in [2.05, 4.69) is 20.4 Å². The molecule has 2 aliphatic rings. The van der Waals surface area contributed by atoms with Crippen LogP contribution in [0.25, 0.3) is 0 Å². The highest BCUT2D eigenvalue weighted by Gasteiger charge is 2.39. The molecule has 3 amide bonds. The zero-order valence-corrected chi connectivity index (χ0v) is 18.7. The maximum Gasteiger partial charge on any atom is 0.451 e. The van der Waals surface area contributed by atoms with Crippen LogP contribution in [0.1, 0.15) is 29.9 Å². The number of hydrogen-bond acceptors (Lipinski definition) is 6. The maximum atomic E-state index is 12.9. The Balaban J connectivity index is 1.52. The summed E-state index contributed by atoms with van der Waals surface area (Å²) in [5.41, 5.74) is 1.52. The van der Waals surface area contributed by atoms with Gasteiger partial charge in [-0.15, -0.1) is 0 Å². The molecule has 2 atom stereocenters. The Hall–Kier alpha value is -3.25. The van der Waals surface area contributed by atoms with Gasteiger partial charge in [0.15, 0.2) is 0 Å². The largest absolute Gasteiger partial charge is 0.451 e. The first-order valence-electron chi connectivity index (χ1n) is 10.3. The number of morpholine rings is 1. The van der Waals surface area contributed by atoms with Gasteiger partial charge in [0.25, 0.3) is 0 Å². The molecule has 0 saturated carbocycles. The zero-order valence-electron chi connectivity index (χ0n) is 17.9. The van der Waals surface area contributed by atoms with Crippen LogP contribution in [0.3, 0.4) is 0 Å². The lowest BCUT2D eigenvalue weighted by molar-refractivity contribution is -0.145. The third kappa shape index (κ3) is 5.12. The molecule has 4 rings (SSSR count). The molecule has 1 N–H and O–H groups in total. The van der Waals surface area contributed by atoms with Crippen molar-refractivity contribution in [2.75, 3.05) is 26.3 Å². The smallest absolute Gasteiger partial charge is 0.370 e. The van der Waals surface area contributed by atoms with Crippen LogP contribution in [0.2, 0.25) is 5.02 Å².